The number of nitrogens with one attached hydrogen (secondary N) is 1. The molecule has 7 heteroatoms. The second-order valence-electron chi connectivity index (χ2n) is 5.41. The maximum absolute atomic E-state index is 5.16. The van der Waals surface area contributed by atoms with E-state index in [4.69, 9.17) is 9.47 Å². The van der Waals surface area contributed by atoms with Crippen LogP contribution in [0.5, 0.6) is 11.5 Å². The van der Waals surface area contributed by atoms with E-state index in [1.54, 1.807) is 26.6 Å². The molecule has 0 atom stereocenters. The van der Waals surface area contributed by atoms with Gasteiger partial charge in [0.05, 0.1) is 25.6 Å². The van der Waals surface area contributed by atoms with Crippen molar-refractivity contribution in [1.82, 2.24) is 4.98 Å². The lowest BCUT2D eigenvalue weighted by Gasteiger charge is -2.04. The molecule has 0 amide bonds. The molecule has 0 radical (unpaired) electrons. The van der Waals surface area contributed by atoms with Gasteiger partial charge in [-0.1, -0.05) is 0 Å². The summed E-state index contributed by atoms with van der Waals surface area (Å²) in [5.74, 6) is 1.97. The molecular formula is C20H19N5O2. The molecule has 3 rings (SSSR count). The van der Waals surface area contributed by atoms with E-state index < -0.39 is 0 Å². The monoisotopic (exact) mass is 361 g/mol. The minimum absolute atomic E-state index is 0.434. The standard InChI is InChI=1S/C20H19N5O2/c1-26-18-7-3-16(4-8-18)22-24-20(15-11-13-21-14-12-15)25-23-17-5-9-19(27-2)10-6-17/h3-14,22H,1-2H3/b24-20+,25-23?. The Kier molecular flexibility index (Phi) is 6.08. The molecule has 27 heavy (non-hydrogen) atoms. The fraction of sp³-hybridized carbons (Fsp3) is 0.100. The first-order chi connectivity index (χ1) is 13.3. The smallest absolute Gasteiger partial charge is 0.201 e. The number of pyridine rings is 1. The Labute approximate surface area is 157 Å². The minimum atomic E-state index is 0.434. The Bertz CT molecular complexity index is 907. The Morgan fingerprint density at radius 3 is 2.00 bits per heavy atom. The molecule has 0 aliphatic heterocycles. The molecule has 0 saturated carbocycles. The molecule has 7 nitrogen and oxygen atoms in total. The van der Waals surface area contributed by atoms with Crippen molar-refractivity contribution in [2.45, 2.75) is 0 Å². The number of methoxy groups -OCH3 is 2. The van der Waals surface area contributed by atoms with Gasteiger partial charge >= 0.3 is 0 Å². The van der Waals surface area contributed by atoms with Gasteiger partial charge in [-0.2, -0.15) is 5.10 Å². The topological polar surface area (TPSA) is 80.5 Å². The lowest BCUT2D eigenvalue weighted by Crippen LogP contribution is -2.01. The number of hydrogen-bond acceptors (Lipinski definition) is 6. The van der Waals surface area contributed by atoms with E-state index in [1.165, 1.54) is 0 Å². The number of rotatable bonds is 6. The summed E-state index contributed by atoms with van der Waals surface area (Å²) in [6.07, 6.45) is 3.36. The summed E-state index contributed by atoms with van der Waals surface area (Å²) in [7, 11) is 3.25. The first-order valence-corrected chi connectivity index (χ1v) is 8.22. The van der Waals surface area contributed by atoms with E-state index in [0.717, 1.165) is 22.7 Å². The SMILES string of the molecule is COc1ccc(N=N/C(=N/Nc2ccc(OC)cc2)c2ccncc2)cc1. The number of ether oxygens (including phenoxy) is 2. The number of benzene rings is 2. The number of hydrogen-bond donors (Lipinski definition) is 1. The van der Waals surface area contributed by atoms with Crippen molar-refractivity contribution in [2.75, 3.05) is 19.6 Å². The van der Waals surface area contributed by atoms with E-state index >= 15 is 0 Å². The van der Waals surface area contributed by atoms with Crippen LogP contribution in [0.25, 0.3) is 0 Å². The van der Waals surface area contributed by atoms with E-state index in [1.807, 2.05) is 60.7 Å². The van der Waals surface area contributed by atoms with Crippen LogP contribution in [-0.4, -0.2) is 25.0 Å². The van der Waals surface area contributed by atoms with Crippen molar-refractivity contribution in [2.24, 2.45) is 15.3 Å². The third-order valence-corrected chi connectivity index (χ3v) is 3.65. The fourth-order valence-corrected chi connectivity index (χ4v) is 2.18. The molecule has 1 aromatic heterocycles. The van der Waals surface area contributed by atoms with E-state index in [0.29, 0.717) is 11.5 Å². The first-order valence-electron chi connectivity index (χ1n) is 8.22. The van der Waals surface area contributed by atoms with Gasteiger partial charge in [0.25, 0.3) is 0 Å². The summed E-state index contributed by atoms with van der Waals surface area (Å²) >= 11 is 0. The lowest BCUT2D eigenvalue weighted by atomic mass is 10.2. The third kappa shape index (κ3) is 5.12. The number of anilines is 1. The Morgan fingerprint density at radius 1 is 0.815 bits per heavy atom. The van der Waals surface area contributed by atoms with Gasteiger partial charge in [-0.3, -0.25) is 10.4 Å². The maximum atomic E-state index is 5.16. The van der Waals surface area contributed by atoms with Gasteiger partial charge in [-0.25, -0.2) is 0 Å². The zero-order valence-electron chi connectivity index (χ0n) is 15.0. The third-order valence-electron chi connectivity index (χ3n) is 3.65. The van der Waals surface area contributed by atoms with Gasteiger partial charge < -0.3 is 9.47 Å². The quantitative estimate of drug-likeness (QED) is 0.300. The highest BCUT2D eigenvalue weighted by atomic mass is 16.5. The van der Waals surface area contributed by atoms with Crippen LogP contribution in [-0.2, 0) is 0 Å². The van der Waals surface area contributed by atoms with Crippen molar-refractivity contribution < 1.29 is 9.47 Å². The highest BCUT2D eigenvalue weighted by molar-refractivity contribution is 5.99. The summed E-state index contributed by atoms with van der Waals surface area (Å²) in [5, 5.41) is 12.9. The van der Waals surface area contributed by atoms with Gasteiger partial charge in [-0.05, 0) is 60.7 Å². The summed E-state index contributed by atoms with van der Waals surface area (Å²) in [4.78, 5) is 4.03. The molecule has 0 fully saturated rings. The fourth-order valence-electron chi connectivity index (χ4n) is 2.18. The molecule has 0 saturated heterocycles. The molecule has 1 heterocycles. The molecule has 2 aromatic carbocycles. The van der Waals surface area contributed by atoms with Crippen LogP contribution in [0.15, 0.2) is 88.4 Å². The van der Waals surface area contributed by atoms with Crippen LogP contribution < -0.4 is 14.9 Å². The number of aromatic nitrogens is 1. The molecule has 0 unspecified atom stereocenters. The Balaban J connectivity index is 1.82. The molecule has 1 N–H and O–H groups in total. The molecular weight excluding hydrogens is 342 g/mol. The molecule has 0 spiro atoms. The summed E-state index contributed by atoms with van der Waals surface area (Å²) in [6, 6.07) is 18.4. The summed E-state index contributed by atoms with van der Waals surface area (Å²) in [6.45, 7) is 0. The van der Waals surface area contributed by atoms with Gasteiger partial charge in [0.2, 0.25) is 5.84 Å². The van der Waals surface area contributed by atoms with Crippen molar-refractivity contribution in [3.63, 3.8) is 0 Å². The van der Waals surface area contributed by atoms with Gasteiger partial charge in [0.1, 0.15) is 11.5 Å². The van der Waals surface area contributed by atoms with Crippen molar-refractivity contribution >= 4 is 17.2 Å². The minimum Gasteiger partial charge on any atom is -0.497 e. The largest absolute Gasteiger partial charge is 0.497 e. The number of hydrazone groups is 1. The number of azo groups is 1. The van der Waals surface area contributed by atoms with Crippen LogP contribution in [0.3, 0.4) is 0 Å². The van der Waals surface area contributed by atoms with Crippen LogP contribution in [0.2, 0.25) is 0 Å². The van der Waals surface area contributed by atoms with Gasteiger partial charge in [0.15, 0.2) is 0 Å². The Morgan fingerprint density at radius 2 is 1.41 bits per heavy atom. The normalized spacial score (nSPS) is 11.4. The van der Waals surface area contributed by atoms with Crippen molar-refractivity contribution in [3.8, 4) is 11.5 Å². The first kappa shape index (κ1) is 18.1. The molecule has 136 valence electrons. The van der Waals surface area contributed by atoms with Crippen molar-refractivity contribution in [3.05, 3.63) is 78.6 Å². The predicted molar refractivity (Wildman–Crippen MR) is 105 cm³/mol. The Hall–Kier alpha value is -3.74. The maximum Gasteiger partial charge on any atom is 0.201 e. The second kappa shape index (κ2) is 9.10. The van der Waals surface area contributed by atoms with E-state index in [9.17, 15) is 0 Å². The molecule has 0 aliphatic carbocycles. The number of nitrogens with zero attached hydrogens (tertiary/aromatic N) is 4. The average Bonchev–Trinajstić information content (AvgIpc) is 2.75. The van der Waals surface area contributed by atoms with Crippen LogP contribution >= 0.6 is 0 Å². The van der Waals surface area contributed by atoms with Crippen LogP contribution in [0, 0.1) is 0 Å². The summed E-state index contributed by atoms with van der Waals surface area (Å²) in [5.41, 5.74) is 5.29. The highest BCUT2D eigenvalue weighted by Crippen LogP contribution is 2.19. The number of amidine groups is 1. The van der Waals surface area contributed by atoms with Gasteiger partial charge in [0, 0.05) is 18.0 Å². The van der Waals surface area contributed by atoms with Gasteiger partial charge in [-0.15, -0.1) is 10.2 Å². The van der Waals surface area contributed by atoms with E-state index in [2.05, 4.69) is 25.7 Å². The highest BCUT2D eigenvalue weighted by Gasteiger charge is 2.03. The van der Waals surface area contributed by atoms with Crippen LogP contribution in [0.4, 0.5) is 11.4 Å². The zero-order chi connectivity index (χ0) is 18.9. The van der Waals surface area contributed by atoms with E-state index in [-0.39, 0.29) is 0 Å². The van der Waals surface area contributed by atoms with Crippen LogP contribution in [0.1, 0.15) is 5.56 Å². The van der Waals surface area contributed by atoms with Crippen molar-refractivity contribution in [1.29, 1.82) is 0 Å². The zero-order valence-corrected chi connectivity index (χ0v) is 15.0. The second-order valence-corrected chi connectivity index (χ2v) is 5.41. The molecule has 3 aromatic rings. The summed E-state index contributed by atoms with van der Waals surface area (Å²) < 4.78 is 10.3. The molecule has 0 bridgehead atoms. The lowest BCUT2D eigenvalue weighted by molar-refractivity contribution is 0.415. The average molecular weight is 361 g/mol. The molecule has 0 aliphatic rings. The predicted octanol–water partition coefficient (Wildman–Crippen LogP) is 4.66.